The van der Waals surface area contributed by atoms with Gasteiger partial charge in [-0.05, 0) is 58.0 Å². The second kappa shape index (κ2) is 8.99. The number of nitrogens with zero attached hydrogens (tertiary/aromatic N) is 4. The summed E-state index contributed by atoms with van der Waals surface area (Å²) in [4.78, 5) is 44.2. The van der Waals surface area contributed by atoms with Crippen molar-refractivity contribution in [3.05, 3.63) is 24.0 Å². The molecule has 0 bridgehead atoms. The van der Waals surface area contributed by atoms with Gasteiger partial charge in [0.2, 0.25) is 5.91 Å². The maximum absolute atomic E-state index is 12.4. The second-order valence-electron chi connectivity index (χ2n) is 11.0. The highest BCUT2D eigenvalue weighted by Gasteiger charge is 2.42. The molecule has 5 heterocycles. The average Bonchev–Trinajstić information content (AvgIpc) is 3.15. The Bertz CT molecular complexity index is 1160. The van der Waals surface area contributed by atoms with E-state index in [1.807, 2.05) is 33.8 Å². The minimum atomic E-state index is -0.497. The first-order valence-electron chi connectivity index (χ1n) is 12.6. The largest absolute Gasteiger partial charge is 0.444 e. The van der Waals surface area contributed by atoms with Gasteiger partial charge in [0.05, 0.1) is 23.1 Å². The number of fused-ring (bicyclic) bond motifs is 1. The summed E-state index contributed by atoms with van der Waals surface area (Å²) in [6.45, 7) is 9.80. The molecule has 1 spiro atoms. The third kappa shape index (κ3) is 4.74. The second-order valence-corrected chi connectivity index (χ2v) is 11.0. The molecular weight excluding hydrogens is 462 g/mol. The number of anilines is 1. The van der Waals surface area contributed by atoms with Gasteiger partial charge in [0.25, 0.3) is 0 Å². The van der Waals surface area contributed by atoms with Crippen molar-refractivity contribution >= 4 is 40.8 Å². The molecule has 36 heavy (non-hydrogen) atoms. The van der Waals surface area contributed by atoms with Crippen LogP contribution in [0.5, 0.6) is 0 Å². The van der Waals surface area contributed by atoms with Gasteiger partial charge in [0, 0.05) is 38.0 Å². The van der Waals surface area contributed by atoms with Gasteiger partial charge >= 0.3 is 17.9 Å². The summed E-state index contributed by atoms with van der Waals surface area (Å²) in [6.07, 6.45) is 7.15. The number of rotatable bonds is 1. The fourth-order valence-electron chi connectivity index (χ4n) is 5.21. The van der Waals surface area contributed by atoms with Crippen molar-refractivity contribution in [3.63, 3.8) is 0 Å². The molecule has 10 heteroatoms. The predicted molar refractivity (Wildman–Crippen MR) is 133 cm³/mol. The molecule has 0 saturated carbocycles. The maximum Gasteiger partial charge on any atom is 0.410 e. The molecule has 3 fully saturated rings. The van der Waals surface area contributed by atoms with Crippen molar-refractivity contribution in [2.45, 2.75) is 71.0 Å². The molecule has 0 atom stereocenters. The zero-order valence-corrected chi connectivity index (χ0v) is 21.4. The first-order valence-corrected chi connectivity index (χ1v) is 12.6. The first-order chi connectivity index (χ1) is 17.0. The summed E-state index contributed by atoms with van der Waals surface area (Å²) in [5.74, 6) is 0.577. The standard InChI is InChI=1S/C26H33N5O5/c1-17-15-31(22-20(17)13-19(14-27-22)30-10-6-21(32)28-23(30)33)18-5-7-26(35-16-18)8-11-29(12-9-26)24(34)36-25(2,3)4/h13-15H,5-12,16H2,1-4H3/p+1/b31-18+. The Hall–Kier alpha value is -3.27. The van der Waals surface area contributed by atoms with Crippen LogP contribution >= 0.6 is 0 Å². The van der Waals surface area contributed by atoms with Gasteiger partial charge in [-0.15, -0.1) is 0 Å². The number of nitrogens with one attached hydrogen (secondary N) is 1. The summed E-state index contributed by atoms with van der Waals surface area (Å²) < 4.78 is 14.1. The van der Waals surface area contributed by atoms with Crippen molar-refractivity contribution in [1.29, 1.82) is 0 Å². The van der Waals surface area contributed by atoms with Gasteiger partial charge in [0.1, 0.15) is 17.9 Å². The molecule has 4 amide bonds. The first kappa shape index (κ1) is 24.4. The normalized spacial score (nSPS) is 23.9. The highest BCUT2D eigenvalue weighted by molar-refractivity contribution is 6.05. The molecule has 4 aliphatic heterocycles. The van der Waals surface area contributed by atoms with Gasteiger partial charge in [-0.3, -0.25) is 15.0 Å². The maximum atomic E-state index is 12.4. The van der Waals surface area contributed by atoms with E-state index in [1.165, 1.54) is 0 Å². The number of hydrogen-bond donors (Lipinski definition) is 1. The number of amides is 4. The number of allylic oxidation sites excluding steroid dienone is 1. The average molecular weight is 497 g/mol. The fraction of sp³-hybridized carbons (Fsp3) is 0.577. The Morgan fingerprint density at radius 3 is 2.56 bits per heavy atom. The number of likely N-dealkylation sites (tertiary alicyclic amines) is 1. The lowest BCUT2D eigenvalue weighted by atomic mass is 9.84. The molecule has 4 aliphatic rings. The summed E-state index contributed by atoms with van der Waals surface area (Å²) in [6, 6.07) is 1.55. The summed E-state index contributed by atoms with van der Waals surface area (Å²) in [5.41, 5.74) is 3.15. The monoisotopic (exact) mass is 496 g/mol. The van der Waals surface area contributed by atoms with Crippen molar-refractivity contribution in [2.75, 3.05) is 31.1 Å². The molecule has 1 aromatic heterocycles. The van der Waals surface area contributed by atoms with Crippen molar-refractivity contribution in [2.24, 2.45) is 0 Å². The van der Waals surface area contributed by atoms with E-state index in [4.69, 9.17) is 14.5 Å². The summed E-state index contributed by atoms with van der Waals surface area (Å²) in [5, 5.41) is 2.36. The highest BCUT2D eigenvalue weighted by atomic mass is 16.6. The lowest BCUT2D eigenvalue weighted by Crippen LogP contribution is -2.51. The van der Waals surface area contributed by atoms with Crippen LogP contribution in [0.25, 0.3) is 5.57 Å². The SMILES string of the molecule is CC1=C/[N+](=C2/CCC3(CCN(C(=O)OC(C)(C)C)CC3)OC2)c2ncc(N3CCC(=O)NC3=O)cc21. The van der Waals surface area contributed by atoms with E-state index in [0.717, 1.165) is 48.3 Å². The van der Waals surface area contributed by atoms with E-state index in [1.54, 1.807) is 16.0 Å². The van der Waals surface area contributed by atoms with Crippen molar-refractivity contribution < 1.29 is 28.4 Å². The van der Waals surface area contributed by atoms with E-state index in [9.17, 15) is 14.4 Å². The van der Waals surface area contributed by atoms with Gasteiger partial charge in [-0.1, -0.05) is 0 Å². The smallest absolute Gasteiger partial charge is 0.410 e. The van der Waals surface area contributed by atoms with E-state index < -0.39 is 11.6 Å². The van der Waals surface area contributed by atoms with E-state index in [-0.39, 0.29) is 24.0 Å². The molecule has 192 valence electrons. The van der Waals surface area contributed by atoms with E-state index in [0.29, 0.717) is 31.9 Å². The van der Waals surface area contributed by atoms with E-state index in [2.05, 4.69) is 16.1 Å². The lowest BCUT2D eigenvalue weighted by molar-refractivity contribution is -0.367. The van der Waals surface area contributed by atoms with Crippen LogP contribution in [-0.2, 0) is 14.3 Å². The van der Waals surface area contributed by atoms with Crippen LogP contribution in [0.1, 0.15) is 65.4 Å². The van der Waals surface area contributed by atoms with Crippen molar-refractivity contribution in [1.82, 2.24) is 15.2 Å². The molecule has 0 unspecified atom stereocenters. The Kier molecular flexibility index (Phi) is 6.10. The van der Waals surface area contributed by atoms with Crippen LogP contribution in [0.4, 0.5) is 21.1 Å². The predicted octanol–water partition coefficient (Wildman–Crippen LogP) is 3.57. The Labute approximate surface area is 210 Å². The zero-order chi connectivity index (χ0) is 25.7. The highest BCUT2D eigenvalue weighted by Crippen LogP contribution is 2.38. The summed E-state index contributed by atoms with van der Waals surface area (Å²) in [7, 11) is 0. The number of piperidine rings is 1. The van der Waals surface area contributed by atoms with Crippen LogP contribution in [0, 0.1) is 0 Å². The number of aromatic nitrogens is 1. The third-order valence-corrected chi connectivity index (χ3v) is 7.27. The zero-order valence-electron chi connectivity index (χ0n) is 21.4. The van der Waals surface area contributed by atoms with Crippen LogP contribution in [-0.4, -0.2) is 75.6 Å². The number of imide groups is 1. The quantitative estimate of drug-likeness (QED) is 0.596. The number of urea groups is 1. The van der Waals surface area contributed by atoms with Gasteiger partial charge in [0.15, 0.2) is 6.20 Å². The topological polar surface area (TPSA) is 104 Å². The van der Waals surface area contributed by atoms with E-state index >= 15 is 0 Å². The number of carbonyl (C=O) groups excluding carboxylic acids is 3. The van der Waals surface area contributed by atoms with Crippen molar-refractivity contribution in [3.8, 4) is 0 Å². The van der Waals surface area contributed by atoms with Crippen LogP contribution in [0.3, 0.4) is 0 Å². The van der Waals surface area contributed by atoms with Gasteiger partial charge in [-0.2, -0.15) is 0 Å². The minimum Gasteiger partial charge on any atom is -0.444 e. The molecule has 5 rings (SSSR count). The lowest BCUT2D eigenvalue weighted by Gasteiger charge is -2.43. The molecule has 0 aliphatic carbocycles. The Morgan fingerprint density at radius 2 is 1.92 bits per heavy atom. The number of ether oxygens (including phenoxy) is 2. The molecule has 10 nitrogen and oxygen atoms in total. The minimum absolute atomic E-state index is 0.209. The number of hydrogen-bond acceptors (Lipinski definition) is 6. The van der Waals surface area contributed by atoms with Crippen LogP contribution in [0.2, 0.25) is 0 Å². The van der Waals surface area contributed by atoms with Gasteiger partial charge < -0.3 is 14.4 Å². The molecule has 0 aromatic carbocycles. The van der Waals surface area contributed by atoms with Gasteiger partial charge in [-0.25, -0.2) is 14.2 Å². The molecule has 0 radical (unpaired) electrons. The molecule has 1 aromatic rings. The number of carbonyl (C=O) groups is 3. The fourth-order valence-corrected chi connectivity index (χ4v) is 5.21. The third-order valence-electron chi connectivity index (χ3n) is 7.27. The summed E-state index contributed by atoms with van der Waals surface area (Å²) >= 11 is 0. The number of pyridine rings is 1. The Balaban J connectivity index is 1.26. The van der Waals surface area contributed by atoms with Crippen LogP contribution in [0.15, 0.2) is 18.5 Å². The Morgan fingerprint density at radius 1 is 1.17 bits per heavy atom. The molecular formula is C26H34N5O5+. The molecule has 3 saturated heterocycles. The molecule has 1 N–H and O–H groups in total. The van der Waals surface area contributed by atoms with Crippen LogP contribution < -0.4 is 10.2 Å².